The zero-order valence-electron chi connectivity index (χ0n) is 10.3. The molecule has 0 radical (unpaired) electrons. The van der Waals surface area contributed by atoms with Gasteiger partial charge in [-0.1, -0.05) is 28.1 Å². The van der Waals surface area contributed by atoms with Crippen LogP contribution in [0.15, 0.2) is 28.7 Å². The second-order valence-corrected chi connectivity index (χ2v) is 6.62. The van der Waals surface area contributed by atoms with E-state index in [2.05, 4.69) is 28.1 Å². The highest BCUT2D eigenvalue weighted by atomic mass is 79.9. The fraction of sp³-hybridized carbons (Fsp3) is 0.462. The van der Waals surface area contributed by atoms with Crippen molar-refractivity contribution in [2.24, 2.45) is 5.41 Å². The van der Waals surface area contributed by atoms with E-state index >= 15 is 0 Å². The molecule has 0 saturated heterocycles. The molecule has 0 unspecified atom stereocenters. The number of hydrogen-bond donors (Lipinski definition) is 0. The van der Waals surface area contributed by atoms with Gasteiger partial charge in [0.25, 0.3) is 0 Å². The molecule has 4 heteroatoms. The average Bonchev–Trinajstić information content (AvgIpc) is 2.25. The van der Waals surface area contributed by atoms with E-state index in [0.717, 1.165) is 10.2 Å². The van der Waals surface area contributed by atoms with Crippen molar-refractivity contribution in [3.63, 3.8) is 0 Å². The van der Waals surface area contributed by atoms with Crippen molar-refractivity contribution in [2.45, 2.75) is 26.5 Å². The first kappa shape index (κ1) is 14.6. The summed E-state index contributed by atoms with van der Waals surface area (Å²) in [6, 6.07) is 8.14. The Morgan fingerprint density at radius 3 is 2.41 bits per heavy atom. The van der Waals surface area contributed by atoms with Crippen LogP contribution in [-0.2, 0) is 15.3 Å². The number of rotatable bonds is 4. The molecule has 0 fully saturated rings. The number of carbonyl (C=O) groups is 1. The first-order valence-corrected chi connectivity index (χ1v) is 7.34. The molecule has 1 aromatic rings. The normalized spacial score (nSPS) is 11.3. The van der Waals surface area contributed by atoms with Gasteiger partial charge in [0, 0.05) is 10.2 Å². The van der Waals surface area contributed by atoms with Crippen LogP contribution in [0, 0.1) is 5.41 Å². The Bertz CT molecular complexity index is 368. The Hall–Kier alpha value is -0.480. The molecule has 0 atom stereocenters. The van der Waals surface area contributed by atoms with Crippen molar-refractivity contribution in [2.75, 3.05) is 5.94 Å². The number of hydrogen-bond acceptors (Lipinski definition) is 3. The lowest BCUT2D eigenvalue weighted by Crippen LogP contribution is -2.22. The van der Waals surface area contributed by atoms with Crippen LogP contribution in [0.3, 0.4) is 0 Å². The Kier molecular flexibility index (Phi) is 5.53. The quantitative estimate of drug-likeness (QED) is 0.472. The summed E-state index contributed by atoms with van der Waals surface area (Å²) in [5.74, 6) is 1.11. The van der Waals surface area contributed by atoms with E-state index in [1.807, 2.05) is 32.9 Å². The minimum absolute atomic E-state index is 0.152. The van der Waals surface area contributed by atoms with Crippen LogP contribution in [-0.4, -0.2) is 11.9 Å². The third-order valence-electron chi connectivity index (χ3n) is 2.07. The topological polar surface area (TPSA) is 26.3 Å². The average molecular weight is 317 g/mol. The summed E-state index contributed by atoms with van der Waals surface area (Å²) >= 11 is 4.99. The number of esters is 1. The number of benzene rings is 1. The summed E-state index contributed by atoms with van der Waals surface area (Å²) in [6.07, 6.45) is 0. The number of thioether (sulfide) groups is 1. The lowest BCUT2D eigenvalue weighted by Gasteiger charge is -2.16. The van der Waals surface area contributed by atoms with E-state index in [1.165, 1.54) is 5.56 Å². The lowest BCUT2D eigenvalue weighted by atomic mass is 9.98. The van der Waals surface area contributed by atoms with Crippen molar-refractivity contribution < 1.29 is 9.53 Å². The van der Waals surface area contributed by atoms with Crippen LogP contribution >= 0.6 is 27.7 Å². The summed E-state index contributed by atoms with van der Waals surface area (Å²) in [4.78, 5) is 11.5. The predicted molar refractivity (Wildman–Crippen MR) is 75.9 cm³/mol. The van der Waals surface area contributed by atoms with Crippen molar-refractivity contribution in [1.29, 1.82) is 0 Å². The maximum atomic E-state index is 11.5. The fourth-order valence-corrected chi connectivity index (χ4v) is 2.02. The Morgan fingerprint density at radius 2 is 1.88 bits per heavy atom. The highest BCUT2D eigenvalue weighted by Gasteiger charge is 2.22. The predicted octanol–water partition coefficient (Wildman–Crippen LogP) is 4.23. The van der Waals surface area contributed by atoms with Gasteiger partial charge < -0.3 is 4.74 Å². The highest BCUT2D eigenvalue weighted by Crippen LogP contribution is 2.19. The summed E-state index contributed by atoms with van der Waals surface area (Å²) in [7, 11) is 0. The molecule has 0 bridgehead atoms. The monoisotopic (exact) mass is 316 g/mol. The van der Waals surface area contributed by atoms with Crippen molar-refractivity contribution in [3.8, 4) is 0 Å². The molecule has 1 rings (SSSR count). The highest BCUT2D eigenvalue weighted by molar-refractivity contribution is 9.10. The third-order valence-corrected chi connectivity index (χ3v) is 3.42. The molecule has 0 spiro atoms. The van der Waals surface area contributed by atoms with Crippen LogP contribution < -0.4 is 0 Å². The standard InChI is InChI=1S/C13H17BrO2S/c1-13(2,3)12(15)16-9-17-8-10-4-6-11(14)7-5-10/h4-7H,8-9H2,1-3H3. The molecule has 94 valence electrons. The zero-order valence-corrected chi connectivity index (χ0v) is 12.7. The molecular weight excluding hydrogens is 300 g/mol. The fourth-order valence-electron chi connectivity index (χ4n) is 1.05. The van der Waals surface area contributed by atoms with E-state index < -0.39 is 5.41 Å². The molecule has 0 aromatic heterocycles. The Morgan fingerprint density at radius 1 is 1.29 bits per heavy atom. The van der Waals surface area contributed by atoms with Crippen LogP contribution in [0.5, 0.6) is 0 Å². The molecule has 2 nitrogen and oxygen atoms in total. The number of halogens is 1. The summed E-state index contributed by atoms with van der Waals surface area (Å²) in [5.41, 5.74) is 0.808. The summed E-state index contributed by atoms with van der Waals surface area (Å²) < 4.78 is 6.24. The van der Waals surface area contributed by atoms with E-state index in [1.54, 1.807) is 11.8 Å². The lowest BCUT2D eigenvalue weighted by molar-refractivity contribution is -0.150. The molecular formula is C13H17BrO2S. The maximum Gasteiger partial charge on any atom is 0.312 e. The minimum Gasteiger partial charge on any atom is -0.454 e. The van der Waals surface area contributed by atoms with Gasteiger partial charge in [0.1, 0.15) is 5.94 Å². The first-order chi connectivity index (χ1) is 7.89. The van der Waals surface area contributed by atoms with Crippen molar-refractivity contribution in [3.05, 3.63) is 34.3 Å². The van der Waals surface area contributed by atoms with Crippen LogP contribution in [0.4, 0.5) is 0 Å². The Balaban J connectivity index is 2.25. The van der Waals surface area contributed by atoms with E-state index in [-0.39, 0.29) is 5.97 Å². The molecule has 0 heterocycles. The first-order valence-electron chi connectivity index (χ1n) is 5.39. The second-order valence-electron chi connectivity index (χ2n) is 4.77. The van der Waals surface area contributed by atoms with Crippen LogP contribution in [0.1, 0.15) is 26.3 Å². The van der Waals surface area contributed by atoms with Crippen molar-refractivity contribution >= 4 is 33.7 Å². The minimum atomic E-state index is -0.418. The van der Waals surface area contributed by atoms with Crippen LogP contribution in [0.2, 0.25) is 0 Å². The van der Waals surface area contributed by atoms with E-state index in [4.69, 9.17) is 4.74 Å². The molecule has 0 aliphatic heterocycles. The van der Waals surface area contributed by atoms with Gasteiger partial charge in [-0.05, 0) is 38.5 Å². The Labute approximate surface area is 115 Å². The molecule has 0 aliphatic rings. The summed E-state index contributed by atoms with van der Waals surface area (Å²) in [5, 5.41) is 0. The van der Waals surface area contributed by atoms with Crippen molar-refractivity contribution in [1.82, 2.24) is 0 Å². The largest absolute Gasteiger partial charge is 0.454 e. The molecule has 0 aliphatic carbocycles. The second kappa shape index (κ2) is 6.45. The molecule has 17 heavy (non-hydrogen) atoms. The summed E-state index contributed by atoms with van der Waals surface area (Å²) in [6.45, 7) is 5.57. The molecule has 0 N–H and O–H groups in total. The molecule has 0 saturated carbocycles. The van der Waals surface area contributed by atoms with E-state index in [0.29, 0.717) is 5.94 Å². The maximum absolute atomic E-state index is 11.5. The third kappa shape index (κ3) is 5.59. The molecule has 0 amide bonds. The number of ether oxygens (including phenoxy) is 1. The van der Waals surface area contributed by atoms with Gasteiger partial charge in [0.05, 0.1) is 5.41 Å². The van der Waals surface area contributed by atoms with Gasteiger partial charge in [-0.25, -0.2) is 0 Å². The SMILES string of the molecule is CC(C)(C)C(=O)OCSCc1ccc(Br)cc1. The smallest absolute Gasteiger partial charge is 0.312 e. The van der Waals surface area contributed by atoms with Crippen LogP contribution in [0.25, 0.3) is 0 Å². The van der Waals surface area contributed by atoms with Gasteiger partial charge in [-0.3, -0.25) is 4.79 Å². The van der Waals surface area contributed by atoms with Gasteiger partial charge >= 0.3 is 5.97 Å². The molecule has 1 aromatic carbocycles. The van der Waals surface area contributed by atoms with Gasteiger partial charge in [-0.15, -0.1) is 11.8 Å². The van der Waals surface area contributed by atoms with Gasteiger partial charge in [0.15, 0.2) is 0 Å². The zero-order chi connectivity index (χ0) is 12.9. The number of carbonyl (C=O) groups excluding carboxylic acids is 1. The van der Waals surface area contributed by atoms with E-state index in [9.17, 15) is 4.79 Å². The van der Waals surface area contributed by atoms with Gasteiger partial charge in [-0.2, -0.15) is 0 Å². The van der Waals surface area contributed by atoms with Gasteiger partial charge in [0.2, 0.25) is 0 Å².